The number of benzene rings is 3. The molecule has 0 aliphatic carbocycles. The molecule has 3 aromatic carbocycles. The van der Waals surface area contributed by atoms with Gasteiger partial charge in [-0.15, -0.1) is 0 Å². The van der Waals surface area contributed by atoms with Crippen molar-refractivity contribution in [2.24, 2.45) is 0 Å². The zero-order chi connectivity index (χ0) is 27.8. The molecular weight excluding hydrogens is 510 g/mol. The largest absolute Gasteiger partial charge is 0.460 e. The minimum absolute atomic E-state index is 0.0297. The van der Waals surface area contributed by atoms with Crippen LogP contribution in [0.5, 0.6) is 0 Å². The van der Waals surface area contributed by atoms with Gasteiger partial charge in [-0.25, -0.2) is 8.42 Å². The summed E-state index contributed by atoms with van der Waals surface area (Å²) in [5, 5.41) is 12.4. The van der Waals surface area contributed by atoms with E-state index in [4.69, 9.17) is 4.42 Å². The molecule has 8 heteroatoms. The monoisotopic (exact) mass is 539 g/mol. The molecule has 0 unspecified atom stereocenters. The molecule has 1 heterocycles. The molecule has 1 amide bonds. The van der Waals surface area contributed by atoms with Gasteiger partial charge in [-0.1, -0.05) is 78.4 Å². The van der Waals surface area contributed by atoms with Crippen LogP contribution in [0, 0.1) is 18.3 Å². The van der Waals surface area contributed by atoms with Crippen molar-refractivity contribution in [1.82, 2.24) is 9.62 Å². The number of rotatable bonds is 10. The van der Waals surface area contributed by atoms with Crippen molar-refractivity contribution in [3.05, 3.63) is 131 Å². The fourth-order valence-electron chi connectivity index (χ4n) is 3.99. The highest BCUT2D eigenvalue weighted by Gasteiger charge is 2.26. The normalized spacial score (nSPS) is 12.6. The smallest absolute Gasteiger partial charge is 0.262 e. The predicted molar refractivity (Wildman–Crippen MR) is 149 cm³/mol. The Morgan fingerprint density at radius 2 is 1.59 bits per heavy atom. The maximum Gasteiger partial charge on any atom is 0.262 e. The van der Waals surface area contributed by atoms with Gasteiger partial charge in [0.25, 0.3) is 5.91 Å². The Labute approximate surface area is 229 Å². The standard InChI is InChI=1S/C31H29N3O4S/c1-23-13-17-30(18-14-23)39(36,37)34(21-25-9-5-3-6-10-25)22-29-16-15-28(38-29)19-27(20-32)31(35)33-24(2)26-11-7-4-8-12-26/h3-19,24H,21-22H2,1-2H3,(H,33,35)/b27-19-/t24-/m0/s1. The lowest BCUT2D eigenvalue weighted by atomic mass is 10.1. The van der Waals surface area contributed by atoms with Crippen molar-refractivity contribution in [3.8, 4) is 6.07 Å². The molecule has 0 fully saturated rings. The van der Waals surface area contributed by atoms with Gasteiger partial charge in [0, 0.05) is 12.6 Å². The van der Waals surface area contributed by atoms with Crippen molar-refractivity contribution < 1.29 is 17.6 Å². The number of hydrogen-bond acceptors (Lipinski definition) is 5. The second-order valence-corrected chi connectivity index (χ2v) is 11.1. The van der Waals surface area contributed by atoms with E-state index in [1.165, 1.54) is 10.4 Å². The zero-order valence-corrected chi connectivity index (χ0v) is 22.6. The second kappa shape index (κ2) is 12.4. The van der Waals surface area contributed by atoms with Crippen molar-refractivity contribution >= 4 is 22.0 Å². The lowest BCUT2D eigenvalue weighted by molar-refractivity contribution is -0.117. The molecule has 1 N–H and O–H groups in total. The van der Waals surface area contributed by atoms with Gasteiger partial charge < -0.3 is 9.73 Å². The summed E-state index contributed by atoms with van der Waals surface area (Å²) in [6.45, 7) is 3.85. The van der Waals surface area contributed by atoms with Crippen molar-refractivity contribution in [1.29, 1.82) is 5.26 Å². The number of hydrogen-bond donors (Lipinski definition) is 1. The van der Waals surface area contributed by atoms with Crippen molar-refractivity contribution in [2.45, 2.75) is 37.9 Å². The molecule has 198 valence electrons. The maximum atomic E-state index is 13.6. The highest BCUT2D eigenvalue weighted by molar-refractivity contribution is 7.89. The maximum absolute atomic E-state index is 13.6. The van der Waals surface area contributed by atoms with E-state index in [0.717, 1.165) is 16.7 Å². The van der Waals surface area contributed by atoms with Crippen LogP contribution in [0.25, 0.3) is 6.08 Å². The quantitative estimate of drug-likeness (QED) is 0.204. The number of carbonyl (C=O) groups excluding carboxylic acids is 1. The van der Waals surface area contributed by atoms with Gasteiger partial charge in [-0.3, -0.25) is 4.79 Å². The average molecular weight is 540 g/mol. The third kappa shape index (κ3) is 7.11. The molecular formula is C31H29N3O4S. The molecule has 4 rings (SSSR count). The molecule has 0 radical (unpaired) electrons. The van der Waals surface area contributed by atoms with Crippen LogP contribution in [0.15, 0.2) is 112 Å². The Hall–Kier alpha value is -4.45. The fraction of sp³-hybridized carbons (Fsp3) is 0.161. The minimum Gasteiger partial charge on any atom is -0.460 e. The summed E-state index contributed by atoms with van der Waals surface area (Å²) in [4.78, 5) is 12.9. The van der Waals surface area contributed by atoms with E-state index in [1.807, 2.05) is 80.6 Å². The van der Waals surface area contributed by atoms with Crippen LogP contribution in [0.2, 0.25) is 0 Å². The van der Waals surface area contributed by atoms with Crippen LogP contribution in [0.1, 0.15) is 41.2 Å². The highest BCUT2D eigenvalue weighted by atomic mass is 32.2. The summed E-state index contributed by atoms with van der Waals surface area (Å²) in [6.07, 6.45) is 1.35. The van der Waals surface area contributed by atoms with E-state index in [-0.39, 0.29) is 35.4 Å². The topological polar surface area (TPSA) is 103 Å². The van der Waals surface area contributed by atoms with Gasteiger partial charge in [0.1, 0.15) is 23.2 Å². The summed E-state index contributed by atoms with van der Waals surface area (Å²) in [5.41, 5.74) is 2.58. The molecule has 0 aliphatic rings. The molecule has 39 heavy (non-hydrogen) atoms. The lowest BCUT2D eigenvalue weighted by Crippen LogP contribution is -2.30. The Morgan fingerprint density at radius 1 is 0.949 bits per heavy atom. The second-order valence-electron chi connectivity index (χ2n) is 9.15. The van der Waals surface area contributed by atoms with Gasteiger partial charge in [0.15, 0.2) is 0 Å². The van der Waals surface area contributed by atoms with Gasteiger partial charge in [0.2, 0.25) is 10.0 Å². The van der Waals surface area contributed by atoms with Gasteiger partial charge in [-0.2, -0.15) is 9.57 Å². The third-order valence-electron chi connectivity index (χ3n) is 6.17. The van der Waals surface area contributed by atoms with Gasteiger partial charge >= 0.3 is 0 Å². The Balaban J connectivity index is 1.55. The molecule has 1 aromatic heterocycles. The SMILES string of the molecule is Cc1ccc(S(=O)(=O)N(Cc2ccccc2)Cc2ccc(/C=C(/C#N)C(=O)N[C@@H](C)c3ccccc3)o2)cc1. The van der Waals surface area contributed by atoms with E-state index >= 15 is 0 Å². The number of furan rings is 1. The predicted octanol–water partition coefficient (Wildman–Crippen LogP) is 5.76. The van der Waals surface area contributed by atoms with Crippen LogP contribution in [0.3, 0.4) is 0 Å². The number of nitrogens with one attached hydrogen (secondary N) is 1. The first-order valence-electron chi connectivity index (χ1n) is 12.4. The van der Waals surface area contributed by atoms with Crippen LogP contribution < -0.4 is 5.32 Å². The zero-order valence-electron chi connectivity index (χ0n) is 21.7. The molecule has 7 nitrogen and oxygen atoms in total. The first-order chi connectivity index (χ1) is 18.8. The minimum atomic E-state index is -3.84. The van der Waals surface area contributed by atoms with E-state index in [9.17, 15) is 18.5 Å². The highest BCUT2D eigenvalue weighted by Crippen LogP contribution is 2.23. The first-order valence-corrected chi connectivity index (χ1v) is 13.9. The molecule has 0 aliphatic heterocycles. The lowest BCUT2D eigenvalue weighted by Gasteiger charge is -2.21. The fourth-order valence-corrected chi connectivity index (χ4v) is 5.39. The van der Waals surface area contributed by atoms with E-state index in [2.05, 4.69) is 5.32 Å². The summed E-state index contributed by atoms with van der Waals surface area (Å²) in [5.74, 6) is 0.124. The number of nitrogens with zero attached hydrogens (tertiary/aromatic N) is 2. The summed E-state index contributed by atoms with van der Waals surface area (Å²) < 4.78 is 34.3. The third-order valence-corrected chi connectivity index (χ3v) is 7.98. The van der Waals surface area contributed by atoms with Crippen molar-refractivity contribution in [2.75, 3.05) is 0 Å². The van der Waals surface area contributed by atoms with Crippen LogP contribution in [-0.2, 0) is 27.9 Å². The number of aryl methyl sites for hydroxylation is 1. The molecule has 0 saturated heterocycles. The average Bonchev–Trinajstić information content (AvgIpc) is 3.39. The van der Waals surface area contributed by atoms with Gasteiger partial charge in [-0.05, 0) is 49.2 Å². The summed E-state index contributed by atoms with van der Waals surface area (Å²) >= 11 is 0. The summed E-state index contributed by atoms with van der Waals surface area (Å²) in [7, 11) is -3.84. The van der Waals surface area contributed by atoms with Crippen LogP contribution in [0.4, 0.5) is 0 Å². The number of sulfonamides is 1. The van der Waals surface area contributed by atoms with Crippen molar-refractivity contribution in [3.63, 3.8) is 0 Å². The Kier molecular flexibility index (Phi) is 8.77. The Bertz CT molecular complexity index is 1590. The number of nitriles is 1. The van der Waals surface area contributed by atoms with Gasteiger partial charge in [0.05, 0.1) is 17.5 Å². The first kappa shape index (κ1) is 27.6. The van der Waals surface area contributed by atoms with E-state index < -0.39 is 15.9 Å². The number of amides is 1. The van der Waals surface area contributed by atoms with Crippen LogP contribution >= 0.6 is 0 Å². The molecule has 4 aromatic rings. The molecule has 0 spiro atoms. The summed E-state index contributed by atoms with van der Waals surface area (Å²) in [6, 6.07) is 30.3. The van der Waals surface area contributed by atoms with E-state index in [1.54, 1.807) is 36.4 Å². The Morgan fingerprint density at radius 3 is 2.23 bits per heavy atom. The molecule has 1 atom stereocenters. The van der Waals surface area contributed by atoms with Crippen LogP contribution in [-0.4, -0.2) is 18.6 Å². The number of carbonyl (C=O) groups is 1. The van der Waals surface area contributed by atoms with E-state index in [0.29, 0.717) is 5.76 Å². The molecule has 0 saturated carbocycles. The molecule has 0 bridgehead atoms.